The number of nitrogens with one attached hydrogen (secondary N) is 1. The SMILES string of the molecule is N#C/C(=C\c1ccc2c(c1)OCO2)C(=O)N1CCCC1c1nc2ccc(F)cc2[nH]1. The van der Waals surface area contributed by atoms with E-state index in [0.717, 1.165) is 12.8 Å². The van der Waals surface area contributed by atoms with Crippen molar-refractivity contribution in [1.29, 1.82) is 5.26 Å². The van der Waals surface area contributed by atoms with E-state index < -0.39 is 0 Å². The maximum atomic E-state index is 13.5. The smallest absolute Gasteiger partial charge is 0.265 e. The van der Waals surface area contributed by atoms with Gasteiger partial charge in [0.1, 0.15) is 23.3 Å². The van der Waals surface area contributed by atoms with Crippen molar-refractivity contribution >= 4 is 23.0 Å². The lowest BCUT2D eigenvalue weighted by molar-refractivity contribution is -0.127. The standard InChI is InChI=1S/C22H17FN4O3/c23-15-4-5-16-17(10-15)26-21(25-16)18-2-1-7-27(18)22(28)14(11-24)8-13-3-6-19-20(9-13)30-12-29-19/h3-6,8-10,18H,1-2,7,12H2,(H,25,26)/b14-8+. The molecule has 7 nitrogen and oxygen atoms in total. The molecule has 0 aliphatic carbocycles. The van der Waals surface area contributed by atoms with Crippen molar-refractivity contribution in [2.45, 2.75) is 18.9 Å². The van der Waals surface area contributed by atoms with Crippen molar-refractivity contribution in [3.63, 3.8) is 0 Å². The molecule has 0 radical (unpaired) electrons. The third-order valence-electron chi connectivity index (χ3n) is 5.35. The fourth-order valence-electron chi connectivity index (χ4n) is 3.92. The van der Waals surface area contributed by atoms with E-state index in [9.17, 15) is 14.4 Å². The number of aromatic amines is 1. The summed E-state index contributed by atoms with van der Waals surface area (Å²) >= 11 is 0. The molecular formula is C22H17FN4O3. The highest BCUT2D eigenvalue weighted by molar-refractivity contribution is 6.02. The van der Waals surface area contributed by atoms with Crippen molar-refractivity contribution in [2.24, 2.45) is 0 Å². The number of hydrogen-bond acceptors (Lipinski definition) is 5. The van der Waals surface area contributed by atoms with Gasteiger partial charge >= 0.3 is 0 Å². The lowest BCUT2D eigenvalue weighted by atomic mass is 10.1. The number of carbonyl (C=O) groups is 1. The molecule has 1 unspecified atom stereocenters. The first kappa shape index (κ1) is 18.2. The number of imidazole rings is 1. The molecule has 1 aromatic heterocycles. The van der Waals surface area contributed by atoms with E-state index in [0.29, 0.717) is 40.5 Å². The molecule has 2 aliphatic heterocycles. The third-order valence-corrected chi connectivity index (χ3v) is 5.35. The molecule has 150 valence electrons. The van der Waals surface area contributed by atoms with Gasteiger partial charge in [-0.1, -0.05) is 6.07 Å². The fourth-order valence-corrected chi connectivity index (χ4v) is 3.92. The van der Waals surface area contributed by atoms with Gasteiger partial charge in [0, 0.05) is 6.54 Å². The summed E-state index contributed by atoms with van der Waals surface area (Å²) in [5.41, 5.74) is 1.94. The Morgan fingerprint density at radius 1 is 1.27 bits per heavy atom. The molecular weight excluding hydrogens is 387 g/mol. The monoisotopic (exact) mass is 404 g/mol. The molecule has 30 heavy (non-hydrogen) atoms. The molecule has 3 aromatic rings. The second-order valence-corrected chi connectivity index (χ2v) is 7.22. The number of likely N-dealkylation sites (tertiary alicyclic amines) is 1. The minimum absolute atomic E-state index is 0.0305. The Labute approximate surface area is 171 Å². The van der Waals surface area contributed by atoms with Gasteiger partial charge in [0.05, 0.1) is 17.1 Å². The molecule has 2 aromatic carbocycles. The van der Waals surface area contributed by atoms with E-state index in [-0.39, 0.29) is 30.1 Å². The van der Waals surface area contributed by atoms with E-state index in [1.807, 2.05) is 6.07 Å². The highest BCUT2D eigenvalue weighted by atomic mass is 19.1. The number of ether oxygens (including phenoxy) is 2. The van der Waals surface area contributed by atoms with Crippen molar-refractivity contribution in [3.8, 4) is 17.6 Å². The van der Waals surface area contributed by atoms with Crippen LogP contribution in [0.25, 0.3) is 17.1 Å². The lowest BCUT2D eigenvalue weighted by Crippen LogP contribution is -2.32. The maximum absolute atomic E-state index is 13.5. The molecule has 1 amide bonds. The molecule has 1 saturated heterocycles. The van der Waals surface area contributed by atoms with E-state index in [1.165, 1.54) is 12.1 Å². The Bertz CT molecular complexity index is 1230. The number of amides is 1. The fraction of sp³-hybridized carbons (Fsp3) is 0.227. The van der Waals surface area contributed by atoms with Crippen molar-refractivity contribution in [1.82, 2.24) is 14.9 Å². The Hall–Kier alpha value is -3.86. The quantitative estimate of drug-likeness (QED) is 0.531. The van der Waals surface area contributed by atoms with Gasteiger partial charge in [-0.15, -0.1) is 0 Å². The summed E-state index contributed by atoms with van der Waals surface area (Å²) < 4.78 is 24.1. The number of H-pyrrole nitrogens is 1. The Morgan fingerprint density at radius 3 is 3.00 bits per heavy atom. The number of fused-ring (bicyclic) bond motifs is 2. The van der Waals surface area contributed by atoms with E-state index in [1.54, 1.807) is 35.2 Å². The van der Waals surface area contributed by atoms with Crippen LogP contribution in [0.3, 0.4) is 0 Å². The Kier molecular flexibility index (Phi) is 4.36. The van der Waals surface area contributed by atoms with Gasteiger partial charge in [0.15, 0.2) is 11.5 Å². The normalized spacial score (nSPS) is 18.1. The molecule has 1 N–H and O–H groups in total. The number of halogens is 1. The molecule has 5 rings (SSSR count). The molecule has 1 atom stereocenters. The zero-order chi connectivity index (χ0) is 20.7. The van der Waals surface area contributed by atoms with E-state index >= 15 is 0 Å². The number of benzene rings is 2. The first-order valence-electron chi connectivity index (χ1n) is 9.60. The summed E-state index contributed by atoms with van der Waals surface area (Å²) in [5, 5.41) is 9.63. The summed E-state index contributed by atoms with van der Waals surface area (Å²) in [7, 11) is 0. The molecule has 1 fully saturated rings. The highest BCUT2D eigenvalue weighted by Gasteiger charge is 2.33. The molecule has 0 spiro atoms. The van der Waals surface area contributed by atoms with Crippen LogP contribution in [0, 0.1) is 17.1 Å². The summed E-state index contributed by atoms with van der Waals surface area (Å²) in [4.78, 5) is 22.4. The topological polar surface area (TPSA) is 91.2 Å². The Morgan fingerprint density at radius 2 is 2.13 bits per heavy atom. The van der Waals surface area contributed by atoms with Gasteiger partial charge < -0.3 is 19.4 Å². The van der Waals surface area contributed by atoms with Crippen LogP contribution < -0.4 is 9.47 Å². The van der Waals surface area contributed by atoms with Crippen LogP contribution in [0.5, 0.6) is 11.5 Å². The Balaban J connectivity index is 1.43. The van der Waals surface area contributed by atoms with Crippen LogP contribution in [0.2, 0.25) is 0 Å². The minimum Gasteiger partial charge on any atom is -0.454 e. The number of hydrogen-bond donors (Lipinski definition) is 1. The van der Waals surface area contributed by atoms with Gasteiger partial charge in [-0.25, -0.2) is 9.37 Å². The number of nitrogens with zero attached hydrogens (tertiary/aromatic N) is 3. The lowest BCUT2D eigenvalue weighted by Gasteiger charge is -2.22. The van der Waals surface area contributed by atoms with Crippen molar-refractivity contribution in [2.75, 3.05) is 13.3 Å². The summed E-state index contributed by atoms with van der Waals surface area (Å²) in [6, 6.07) is 11.3. The first-order valence-corrected chi connectivity index (χ1v) is 9.60. The number of aromatic nitrogens is 2. The predicted molar refractivity (Wildman–Crippen MR) is 106 cm³/mol. The highest BCUT2D eigenvalue weighted by Crippen LogP contribution is 2.35. The molecule has 0 saturated carbocycles. The second-order valence-electron chi connectivity index (χ2n) is 7.22. The number of rotatable bonds is 3. The van der Waals surface area contributed by atoms with Gasteiger partial charge in [-0.2, -0.15) is 5.26 Å². The maximum Gasteiger partial charge on any atom is 0.265 e. The first-order chi connectivity index (χ1) is 14.6. The van der Waals surface area contributed by atoms with Crippen LogP contribution in [-0.4, -0.2) is 34.1 Å². The summed E-state index contributed by atoms with van der Waals surface area (Å²) in [5.74, 6) is 1.11. The van der Waals surface area contributed by atoms with Gasteiger partial charge in [-0.3, -0.25) is 4.79 Å². The van der Waals surface area contributed by atoms with Gasteiger partial charge in [0.25, 0.3) is 5.91 Å². The molecule has 0 bridgehead atoms. The van der Waals surface area contributed by atoms with Crippen LogP contribution in [0.15, 0.2) is 42.0 Å². The zero-order valence-electron chi connectivity index (χ0n) is 15.9. The number of carbonyl (C=O) groups excluding carboxylic acids is 1. The number of nitriles is 1. The minimum atomic E-state index is -0.357. The van der Waals surface area contributed by atoms with Crippen LogP contribution in [-0.2, 0) is 4.79 Å². The van der Waals surface area contributed by atoms with Crippen LogP contribution in [0.1, 0.15) is 30.3 Å². The third kappa shape index (κ3) is 3.14. The summed E-state index contributed by atoms with van der Waals surface area (Å²) in [6.45, 7) is 0.679. The van der Waals surface area contributed by atoms with Crippen LogP contribution in [0.4, 0.5) is 4.39 Å². The largest absolute Gasteiger partial charge is 0.454 e. The van der Waals surface area contributed by atoms with E-state index in [2.05, 4.69) is 9.97 Å². The summed E-state index contributed by atoms with van der Waals surface area (Å²) in [6.07, 6.45) is 3.06. The zero-order valence-corrected chi connectivity index (χ0v) is 15.9. The van der Waals surface area contributed by atoms with Gasteiger partial charge in [-0.05, 0) is 54.8 Å². The molecule has 2 aliphatic rings. The van der Waals surface area contributed by atoms with Crippen molar-refractivity contribution in [3.05, 3.63) is 59.2 Å². The van der Waals surface area contributed by atoms with Gasteiger partial charge in [0.2, 0.25) is 6.79 Å². The average Bonchev–Trinajstić information content (AvgIpc) is 3.49. The molecule has 8 heteroatoms. The van der Waals surface area contributed by atoms with Crippen molar-refractivity contribution < 1.29 is 18.7 Å². The van der Waals surface area contributed by atoms with Crippen LogP contribution >= 0.6 is 0 Å². The second kappa shape index (κ2) is 7.19. The predicted octanol–water partition coefficient (Wildman–Crippen LogP) is 3.70. The average molecular weight is 404 g/mol. The molecule has 3 heterocycles. The van der Waals surface area contributed by atoms with E-state index in [4.69, 9.17) is 9.47 Å².